The van der Waals surface area contributed by atoms with Crippen molar-refractivity contribution in [1.29, 1.82) is 5.26 Å². The van der Waals surface area contributed by atoms with Crippen LogP contribution in [0.25, 0.3) is 0 Å². The first-order chi connectivity index (χ1) is 8.01. The van der Waals surface area contributed by atoms with E-state index in [0.29, 0.717) is 0 Å². The number of nitrogens with zero attached hydrogens (tertiary/aromatic N) is 2. The maximum atomic E-state index is 13.5. The second kappa shape index (κ2) is 5.73. The third-order valence-corrected chi connectivity index (χ3v) is 2.61. The van der Waals surface area contributed by atoms with Gasteiger partial charge in [0, 0.05) is 11.0 Å². The van der Waals surface area contributed by atoms with Crippen LogP contribution >= 0.6 is 15.9 Å². The Morgan fingerprint density at radius 3 is 2.41 bits per heavy atom. The van der Waals surface area contributed by atoms with Crippen LogP contribution in [-0.4, -0.2) is 23.9 Å². The minimum atomic E-state index is -0.946. The Hall–Kier alpha value is -1.48. The highest BCUT2D eigenvalue weighted by Gasteiger charge is 2.22. The van der Waals surface area contributed by atoms with Gasteiger partial charge in [0.05, 0.1) is 6.07 Å². The summed E-state index contributed by atoms with van der Waals surface area (Å²) in [6, 6.07) is 3.79. The van der Waals surface area contributed by atoms with Gasteiger partial charge in [-0.05, 0) is 19.1 Å². The molecule has 17 heavy (non-hydrogen) atoms. The highest BCUT2D eigenvalue weighted by Crippen LogP contribution is 2.20. The Bertz CT molecular complexity index is 462. The molecule has 0 aliphatic carbocycles. The first-order valence-electron chi connectivity index (χ1n) is 4.82. The Morgan fingerprint density at radius 1 is 1.47 bits per heavy atom. The standard InChI is InChI=1S/C11H9BrF2N2O/c1-2-16(4-3-15)11(17)10-8(13)5-7(12)6-9(10)14/h5-6H,2,4H2,1H3. The fourth-order valence-corrected chi connectivity index (χ4v) is 1.72. The summed E-state index contributed by atoms with van der Waals surface area (Å²) in [6.45, 7) is 1.63. The van der Waals surface area contributed by atoms with Crippen LogP contribution in [0.15, 0.2) is 16.6 Å². The van der Waals surface area contributed by atoms with Gasteiger partial charge in [-0.2, -0.15) is 5.26 Å². The second-order valence-electron chi connectivity index (χ2n) is 3.22. The summed E-state index contributed by atoms with van der Waals surface area (Å²) >= 11 is 2.92. The molecule has 3 nitrogen and oxygen atoms in total. The van der Waals surface area contributed by atoms with Crippen molar-refractivity contribution in [3.8, 4) is 6.07 Å². The quantitative estimate of drug-likeness (QED) is 0.806. The molecule has 0 saturated heterocycles. The molecule has 1 rings (SSSR count). The number of nitriles is 1. The Labute approximate surface area is 106 Å². The van der Waals surface area contributed by atoms with Crippen LogP contribution in [0.5, 0.6) is 0 Å². The zero-order chi connectivity index (χ0) is 13.0. The normalized spacial score (nSPS) is 9.82. The molecule has 0 fully saturated rings. The Kier molecular flexibility index (Phi) is 4.58. The van der Waals surface area contributed by atoms with Crippen LogP contribution in [0.2, 0.25) is 0 Å². The molecule has 0 aromatic heterocycles. The van der Waals surface area contributed by atoms with E-state index in [4.69, 9.17) is 5.26 Å². The zero-order valence-electron chi connectivity index (χ0n) is 9.01. The molecule has 0 spiro atoms. The van der Waals surface area contributed by atoms with E-state index in [1.54, 1.807) is 13.0 Å². The van der Waals surface area contributed by atoms with E-state index in [2.05, 4.69) is 15.9 Å². The van der Waals surface area contributed by atoms with Crippen molar-refractivity contribution in [3.05, 3.63) is 33.8 Å². The van der Waals surface area contributed by atoms with Crippen molar-refractivity contribution >= 4 is 21.8 Å². The largest absolute Gasteiger partial charge is 0.325 e. The van der Waals surface area contributed by atoms with E-state index in [1.165, 1.54) is 0 Å². The number of carbonyl (C=O) groups excluding carboxylic acids is 1. The summed E-state index contributed by atoms with van der Waals surface area (Å²) in [6.07, 6.45) is 0. The fraction of sp³-hybridized carbons (Fsp3) is 0.273. The topological polar surface area (TPSA) is 44.1 Å². The van der Waals surface area contributed by atoms with Crippen LogP contribution in [0, 0.1) is 23.0 Å². The zero-order valence-corrected chi connectivity index (χ0v) is 10.6. The smallest absolute Gasteiger partial charge is 0.260 e. The van der Waals surface area contributed by atoms with Crippen molar-refractivity contribution in [1.82, 2.24) is 4.90 Å². The molecule has 6 heteroatoms. The monoisotopic (exact) mass is 302 g/mol. The average Bonchev–Trinajstić information content (AvgIpc) is 2.24. The van der Waals surface area contributed by atoms with Crippen molar-refractivity contribution in [2.75, 3.05) is 13.1 Å². The summed E-state index contributed by atoms with van der Waals surface area (Å²) in [7, 11) is 0. The van der Waals surface area contributed by atoms with Gasteiger partial charge in [-0.25, -0.2) is 8.78 Å². The molecular formula is C11H9BrF2N2O. The molecule has 0 bridgehead atoms. The molecule has 0 N–H and O–H groups in total. The van der Waals surface area contributed by atoms with Gasteiger partial charge in [-0.3, -0.25) is 4.79 Å². The van der Waals surface area contributed by atoms with Crippen LogP contribution in [0.1, 0.15) is 17.3 Å². The molecule has 0 radical (unpaired) electrons. The summed E-state index contributed by atoms with van der Waals surface area (Å²) < 4.78 is 27.2. The number of amides is 1. The summed E-state index contributed by atoms with van der Waals surface area (Å²) in [4.78, 5) is 12.9. The molecule has 1 aromatic rings. The maximum Gasteiger partial charge on any atom is 0.260 e. The molecule has 90 valence electrons. The molecule has 1 aromatic carbocycles. The van der Waals surface area contributed by atoms with Gasteiger partial charge in [-0.1, -0.05) is 15.9 Å². The lowest BCUT2D eigenvalue weighted by atomic mass is 10.1. The fourth-order valence-electron chi connectivity index (χ4n) is 1.32. The van der Waals surface area contributed by atoms with Gasteiger partial charge in [0.15, 0.2) is 0 Å². The summed E-state index contributed by atoms with van der Waals surface area (Å²) in [5.41, 5.74) is -0.634. The van der Waals surface area contributed by atoms with E-state index < -0.39 is 23.1 Å². The van der Waals surface area contributed by atoms with Crippen molar-refractivity contribution in [2.45, 2.75) is 6.92 Å². The number of halogens is 3. The van der Waals surface area contributed by atoms with Crippen molar-refractivity contribution < 1.29 is 13.6 Å². The van der Waals surface area contributed by atoms with Crippen LogP contribution in [0.3, 0.4) is 0 Å². The van der Waals surface area contributed by atoms with Crippen LogP contribution in [-0.2, 0) is 0 Å². The number of hydrogen-bond donors (Lipinski definition) is 0. The van der Waals surface area contributed by atoms with E-state index in [-0.39, 0.29) is 17.6 Å². The van der Waals surface area contributed by atoms with E-state index in [1.807, 2.05) is 0 Å². The van der Waals surface area contributed by atoms with E-state index >= 15 is 0 Å². The average molecular weight is 303 g/mol. The highest BCUT2D eigenvalue weighted by molar-refractivity contribution is 9.10. The highest BCUT2D eigenvalue weighted by atomic mass is 79.9. The molecule has 0 unspecified atom stereocenters. The van der Waals surface area contributed by atoms with Crippen molar-refractivity contribution in [3.63, 3.8) is 0 Å². The molecule has 0 aliphatic rings. The molecule has 0 heterocycles. The Balaban J connectivity index is 3.16. The van der Waals surface area contributed by atoms with Gasteiger partial charge >= 0.3 is 0 Å². The summed E-state index contributed by atoms with van der Waals surface area (Å²) in [5.74, 6) is -2.71. The molecule has 0 aliphatic heterocycles. The van der Waals surface area contributed by atoms with Crippen LogP contribution < -0.4 is 0 Å². The van der Waals surface area contributed by atoms with Gasteiger partial charge in [0.1, 0.15) is 23.7 Å². The lowest BCUT2D eigenvalue weighted by Gasteiger charge is -2.17. The van der Waals surface area contributed by atoms with Gasteiger partial charge in [-0.15, -0.1) is 0 Å². The number of benzene rings is 1. The molecule has 0 atom stereocenters. The third-order valence-electron chi connectivity index (χ3n) is 2.15. The van der Waals surface area contributed by atoms with E-state index in [9.17, 15) is 13.6 Å². The first-order valence-corrected chi connectivity index (χ1v) is 5.61. The third kappa shape index (κ3) is 3.01. The molecule has 0 saturated carbocycles. The second-order valence-corrected chi connectivity index (χ2v) is 4.14. The SMILES string of the molecule is CCN(CC#N)C(=O)c1c(F)cc(Br)cc1F. The lowest BCUT2D eigenvalue weighted by molar-refractivity contribution is 0.0774. The minimum Gasteiger partial charge on any atom is -0.325 e. The lowest BCUT2D eigenvalue weighted by Crippen LogP contribution is -2.32. The van der Waals surface area contributed by atoms with E-state index in [0.717, 1.165) is 17.0 Å². The van der Waals surface area contributed by atoms with Gasteiger partial charge in [0.25, 0.3) is 5.91 Å². The minimum absolute atomic E-state index is 0.204. The van der Waals surface area contributed by atoms with Gasteiger partial charge < -0.3 is 4.90 Å². The van der Waals surface area contributed by atoms with Gasteiger partial charge in [0.2, 0.25) is 0 Å². The predicted molar refractivity (Wildman–Crippen MR) is 61.2 cm³/mol. The number of carbonyl (C=O) groups is 1. The first kappa shape index (κ1) is 13.6. The Morgan fingerprint density at radius 2 is 2.00 bits per heavy atom. The molecule has 1 amide bonds. The molecular weight excluding hydrogens is 294 g/mol. The predicted octanol–water partition coefficient (Wildman–Crippen LogP) is 2.71. The number of hydrogen-bond acceptors (Lipinski definition) is 2. The van der Waals surface area contributed by atoms with Crippen LogP contribution in [0.4, 0.5) is 8.78 Å². The summed E-state index contributed by atoms with van der Waals surface area (Å²) in [5, 5.41) is 8.51. The maximum absolute atomic E-state index is 13.5. The van der Waals surface area contributed by atoms with Crippen molar-refractivity contribution in [2.24, 2.45) is 0 Å². The number of rotatable bonds is 3.